The number of furan rings is 1. The van der Waals surface area contributed by atoms with E-state index in [4.69, 9.17) is 14.5 Å². The zero-order chi connectivity index (χ0) is 23.9. The first kappa shape index (κ1) is 20.9. The number of amides is 1. The molecule has 8 heteroatoms. The van der Waals surface area contributed by atoms with Gasteiger partial charge in [0.15, 0.2) is 5.82 Å². The van der Waals surface area contributed by atoms with Crippen molar-refractivity contribution in [3.63, 3.8) is 0 Å². The van der Waals surface area contributed by atoms with Crippen LogP contribution in [0, 0.1) is 6.92 Å². The van der Waals surface area contributed by atoms with Crippen molar-refractivity contribution in [3.05, 3.63) is 102 Å². The van der Waals surface area contributed by atoms with E-state index < -0.39 is 6.04 Å². The molecule has 2 N–H and O–H groups in total. The van der Waals surface area contributed by atoms with Gasteiger partial charge in [0, 0.05) is 17.5 Å². The summed E-state index contributed by atoms with van der Waals surface area (Å²) in [5, 5.41) is 13.2. The molecule has 2 aromatic carbocycles. The second-order valence-electron chi connectivity index (χ2n) is 8.44. The Morgan fingerprint density at radius 1 is 1.03 bits per heavy atom. The van der Waals surface area contributed by atoms with E-state index in [0.717, 1.165) is 22.1 Å². The van der Waals surface area contributed by atoms with Crippen molar-refractivity contribution < 1.29 is 9.21 Å². The van der Waals surface area contributed by atoms with E-state index in [2.05, 4.69) is 33.8 Å². The van der Waals surface area contributed by atoms with Crippen molar-refractivity contribution in [2.24, 2.45) is 0 Å². The van der Waals surface area contributed by atoms with Crippen molar-refractivity contribution in [3.8, 4) is 11.4 Å². The quantitative estimate of drug-likeness (QED) is 0.375. The molecule has 35 heavy (non-hydrogen) atoms. The third-order valence-corrected chi connectivity index (χ3v) is 6.08. The van der Waals surface area contributed by atoms with Gasteiger partial charge in [-0.2, -0.15) is 4.98 Å². The van der Waals surface area contributed by atoms with Gasteiger partial charge in [0.05, 0.1) is 17.5 Å². The van der Waals surface area contributed by atoms with Crippen molar-refractivity contribution >= 4 is 28.3 Å². The van der Waals surface area contributed by atoms with Crippen molar-refractivity contribution in [1.82, 2.24) is 19.7 Å². The summed E-state index contributed by atoms with van der Waals surface area (Å²) in [5.41, 5.74) is 2.69. The molecule has 1 aliphatic heterocycles. The number of nitrogens with one attached hydrogen (secondary N) is 2. The number of fused-ring (bicyclic) bond motifs is 2. The third-order valence-electron chi connectivity index (χ3n) is 6.08. The van der Waals surface area contributed by atoms with Gasteiger partial charge in [-0.05, 0) is 48.9 Å². The molecular formula is C27H22N6O2. The maximum absolute atomic E-state index is 13.5. The van der Waals surface area contributed by atoms with Gasteiger partial charge in [-0.15, -0.1) is 5.10 Å². The minimum Gasteiger partial charge on any atom is -0.464 e. The Labute approximate surface area is 201 Å². The molecule has 1 aliphatic rings. The molecule has 8 nitrogen and oxygen atoms in total. The lowest BCUT2D eigenvalue weighted by atomic mass is 10.00. The fourth-order valence-electron chi connectivity index (χ4n) is 4.48. The van der Waals surface area contributed by atoms with Gasteiger partial charge in [0.2, 0.25) is 5.95 Å². The van der Waals surface area contributed by atoms with E-state index in [1.54, 1.807) is 29.2 Å². The maximum atomic E-state index is 13.5. The predicted molar refractivity (Wildman–Crippen MR) is 134 cm³/mol. The van der Waals surface area contributed by atoms with Crippen LogP contribution in [-0.2, 0) is 4.79 Å². The second-order valence-corrected chi connectivity index (χ2v) is 8.44. The number of carbonyl (C=O) groups is 1. The Morgan fingerprint density at radius 3 is 2.69 bits per heavy atom. The highest BCUT2D eigenvalue weighted by Crippen LogP contribution is 2.38. The number of rotatable bonds is 4. The first-order valence-corrected chi connectivity index (χ1v) is 11.3. The van der Waals surface area contributed by atoms with Gasteiger partial charge in [0.1, 0.15) is 17.6 Å². The van der Waals surface area contributed by atoms with Gasteiger partial charge in [-0.25, -0.2) is 4.68 Å². The lowest BCUT2D eigenvalue weighted by Crippen LogP contribution is -2.31. The fraction of sp³-hybridized carbons (Fsp3) is 0.111. The van der Waals surface area contributed by atoms with Crippen LogP contribution >= 0.6 is 0 Å². The highest BCUT2D eigenvalue weighted by atomic mass is 16.3. The van der Waals surface area contributed by atoms with Crippen LogP contribution in [0.4, 0.5) is 11.6 Å². The third kappa shape index (κ3) is 3.65. The molecule has 5 aromatic rings. The number of hydrogen-bond acceptors (Lipinski definition) is 6. The zero-order valence-electron chi connectivity index (χ0n) is 19.2. The van der Waals surface area contributed by atoms with E-state index >= 15 is 0 Å². The van der Waals surface area contributed by atoms with Gasteiger partial charge in [-0.1, -0.05) is 42.5 Å². The van der Waals surface area contributed by atoms with Crippen LogP contribution in [0.25, 0.3) is 22.2 Å². The number of benzene rings is 2. The lowest BCUT2D eigenvalue weighted by molar-refractivity contribution is -0.113. The minimum atomic E-state index is -0.590. The second kappa shape index (κ2) is 8.25. The number of carbonyl (C=O) groups excluding carboxylic acids is 1. The standard InChI is InChI=1S/C27H22N6O2/c1-16-12-13-22(35-16)24-23(26(34)30-19-9-6-14-28-15-19)17(2)29-27-31-25(32-33(24)27)21-11-5-8-18-7-3-4-10-20(18)21/h3-15,24H,1-2H3,(H,30,34)(H,29,31,32). The van der Waals surface area contributed by atoms with Crippen LogP contribution in [-0.4, -0.2) is 25.7 Å². The molecule has 0 fully saturated rings. The number of aromatic nitrogens is 4. The maximum Gasteiger partial charge on any atom is 0.256 e. The van der Waals surface area contributed by atoms with Crippen molar-refractivity contribution in [2.75, 3.05) is 10.6 Å². The Kier molecular flexibility index (Phi) is 4.92. The van der Waals surface area contributed by atoms with E-state index in [1.165, 1.54) is 0 Å². The van der Waals surface area contributed by atoms with Crippen molar-refractivity contribution in [2.45, 2.75) is 19.9 Å². The van der Waals surface area contributed by atoms with E-state index in [1.807, 2.05) is 50.2 Å². The molecular weight excluding hydrogens is 440 g/mol. The Balaban J connectivity index is 1.47. The van der Waals surface area contributed by atoms with Crippen LogP contribution in [0.5, 0.6) is 0 Å². The van der Waals surface area contributed by atoms with Crippen LogP contribution < -0.4 is 10.6 Å². The summed E-state index contributed by atoms with van der Waals surface area (Å²) in [6.45, 7) is 3.73. The Morgan fingerprint density at radius 2 is 1.89 bits per heavy atom. The molecule has 4 heterocycles. The number of pyridine rings is 1. The van der Waals surface area contributed by atoms with Gasteiger partial charge in [0.25, 0.3) is 5.91 Å². The zero-order valence-corrected chi connectivity index (χ0v) is 19.2. The fourth-order valence-corrected chi connectivity index (χ4v) is 4.48. The van der Waals surface area contributed by atoms with Crippen molar-refractivity contribution in [1.29, 1.82) is 0 Å². The number of aryl methyl sites for hydroxylation is 1. The first-order chi connectivity index (χ1) is 17.1. The summed E-state index contributed by atoms with van der Waals surface area (Å²) >= 11 is 0. The van der Waals surface area contributed by atoms with E-state index in [0.29, 0.717) is 34.5 Å². The molecule has 0 bridgehead atoms. The predicted octanol–water partition coefficient (Wildman–Crippen LogP) is 5.32. The number of allylic oxidation sites excluding steroid dienone is 1. The minimum absolute atomic E-state index is 0.269. The molecule has 0 saturated carbocycles. The lowest BCUT2D eigenvalue weighted by Gasteiger charge is -2.27. The number of hydrogen-bond donors (Lipinski definition) is 2. The highest BCUT2D eigenvalue weighted by Gasteiger charge is 2.36. The topological polar surface area (TPSA) is 97.9 Å². The molecule has 0 radical (unpaired) electrons. The summed E-state index contributed by atoms with van der Waals surface area (Å²) in [6.07, 6.45) is 3.27. The van der Waals surface area contributed by atoms with Crippen LogP contribution in [0.2, 0.25) is 0 Å². The normalized spacial score (nSPS) is 15.1. The summed E-state index contributed by atoms with van der Waals surface area (Å²) in [6, 6.07) is 20.9. The average molecular weight is 463 g/mol. The monoisotopic (exact) mass is 462 g/mol. The molecule has 0 saturated heterocycles. The van der Waals surface area contributed by atoms with Crippen LogP contribution in [0.3, 0.4) is 0 Å². The molecule has 0 spiro atoms. The largest absolute Gasteiger partial charge is 0.464 e. The smallest absolute Gasteiger partial charge is 0.256 e. The van der Waals surface area contributed by atoms with Crippen LogP contribution in [0.1, 0.15) is 24.5 Å². The van der Waals surface area contributed by atoms with Gasteiger partial charge in [-0.3, -0.25) is 9.78 Å². The molecule has 1 atom stereocenters. The Hall–Kier alpha value is -4.72. The molecule has 0 aliphatic carbocycles. The molecule has 1 unspecified atom stereocenters. The molecule has 172 valence electrons. The molecule has 6 rings (SSSR count). The SMILES string of the molecule is CC1=C(C(=O)Nc2cccnc2)C(c2ccc(C)o2)n2nc(-c3cccc4ccccc34)nc2N1. The number of nitrogens with zero attached hydrogens (tertiary/aromatic N) is 4. The summed E-state index contributed by atoms with van der Waals surface area (Å²) in [4.78, 5) is 22.4. The van der Waals surface area contributed by atoms with Gasteiger partial charge >= 0.3 is 0 Å². The summed E-state index contributed by atoms with van der Waals surface area (Å²) < 4.78 is 7.72. The van der Waals surface area contributed by atoms with E-state index in [-0.39, 0.29) is 5.91 Å². The van der Waals surface area contributed by atoms with Crippen LogP contribution in [0.15, 0.2) is 94.8 Å². The van der Waals surface area contributed by atoms with E-state index in [9.17, 15) is 4.79 Å². The molecule has 1 amide bonds. The summed E-state index contributed by atoms with van der Waals surface area (Å²) in [5.74, 6) is 2.20. The average Bonchev–Trinajstić information content (AvgIpc) is 3.49. The Bertz CT molecular complexity index is 1590. The highest BCUT2D eigenvalue weighted by molar-refractivity contribution is 6.06. The summed E-state index contributed by atoms with van der Waals surface area (Å²) in [7, 11) is 0. The first-order valence-electron chi connectivity index (χ1n) is 11.3. The molecule has 3 aromatic heterocycles. The number of anilines is 2. The van der Waals surface area contributed by atoms with Gasteiger partial charge < -0.3 is 15.1 Å².